The fourth-order valence-corrected chi connectivity index (χ4v) is 2.31. The van der Waals surface area contributed by atoms with E-state index in [1.54, 1.807) is 18.2 Å². The molecule has 0 radical (unpaired) electrons. The van der Waals surface area contributed by atoms with Crippen molar-refractivity contribution in [1.29, 1.82) is 0 Å². The van der Waals surface area contributed by atoms with Gasteiger partial charge in [0.2, 0.25) is 0 Å². The third-order valence-corrected chi connectivity index (χ3v) is 3.50. The van der Waals surface area contributed by atoms with Crippen LogP contribution in [0.25, 0.3) is 10.8 Å². The zero-order chi connectivity index (χ0) is 18.0. The Labute approximate surface area is 140 Å². The molecule has 0 saturated heterocycles. The number of hydrogen-bond donors (Lipinski definition) is 1. The van der Waals surface area contributed by atoms with Gasteiger partial charge in [0.1, 0.15) is 5.69 Å². The molecule has 3 aromatic rings. The molecule has 3 aromatic carbocycles. The van der Waals surface area contributed by atoms with E-state index in [9.17, 15) is 25.3 Å². The van der Waals surface area contributed by atoms with Gasteiger partial charge in [0.15, 0.2) is 5.75 Å². The van der Waals surface area contributed by atoms with Gasteiger partial charge >= 0.3 is 0 Å². The summed E-state index contributed by atoms with van der Waals surface area (Å²) in [5, 5.41) is 40.4. The van der Waals surface area contributed by atoms with Crippen LogP contribution in [-0.2, 0) is 0 Å². The highest BCUT2D eigenvalue weighted by atomic mass is 16.6. The minimum atomic E-state index is -0.563. The quantitative estimate of drug-likeness (QED) is 0.415. The van der Waals surface area contributed by atoms with E-state index in [1.165, 1.54) is 30.3 Å². The predicted molar refractivity (Wildman–Crippen MR) is 89.5 cm³/mol. The highest BCUT2D eigenvalue weighted by Gasteiger charge is 2.18. The van der Waals surface area contributed by atoms with Crippen LogP contribution in [0.15, 0.2) is 64.8 Å². The Kier molecular flexibility index (Phi) is 4.04. The number of nitro benzene ring substituents is 2. The first kappa shape index (κ1) is 16.0. The molecule has 0 fully saturated rings. The average Bonchev–Trinajstić information content (AvgIpc) is 2.61. The van der Waals surface area contributed by atoms with E-state index in [-0.39, 0.29) is 28.2 Å². The van der Waals surface area contributed by atoms with Crippen molar-refractivity contribution < 1.29 is 15.0 Å². The first-order chi connectivity index (χ1) is 12.0. The smallest absolute Gasteiger partial charge is 0.279 e. The molecule has 0 atom stereocenters. The van der Waals surface area contributed by atoms with Gasteiger partial charge in [-0.1, -0.05) is 18.2 Å². The van der Waals surface area contributed by atoms with Crippen LogP contribution in [-0.4, -0.2) is 15.0 Å². The van der Waals surface area contributed by atoms with Crippen molar-refractivity contribution in [2.45, 2.75) is 0 Å². The second-order valence-corrected chi connectivity index (χ2v) is 5.04. The molecule has 0 aromatic heterocycles. The Hall–Kier alpha value is -3.88. The van der Waals surface area contributed by atoms with Gasteiger partial charge in [-0.05, 0) is 18.2 Å². The highest BCUT2D eigenvalue weighted by Crippen LogP contribution is 2.41. The van der Waals surface area contributed by atoms with Gasteiger partial charge in [0.05, 0.1) is 20.9 Å². The van der Waals surface area contributed by atoms with E-state index < -0.39 is 9.85 Å². The number of benzene rings is 3. The summed E-state index contributed by atoms with van der Waals surface area (Å²) in [7, 11) is 0. The molecular formula is C16H10N4O5. The van der Waals surface area contributed by atoms with E-state index in [4.69, 9.17) is 0 Å². The number of non-ortho nitro benzene ring substituents is 2. The van der Waals surface area contributed by atoms with Crippen LogP contribution in [0.5, 0.6) is 5.75 Å². The van der Waals surface area contributed by atoms with E-state index in [1.807, 2.05) is 0 Å². The number of hydrogen-bond acceptors (Lipinski definition) is 7. The van der Waals surface area contributed by atoms with Crippen LogP contribution in [0.4, 0.5) is 22.7 Å². The van der Waals surface area contributed by atoms with E-state index >= 15 is 0 Å². The molecule has 25 heavy (non-hydrogen) atoms. The molecule has 0 saturated carbocycles. The number of fused-ring (bicyclic) bond motifs is 1. The first-order valence-corrected chi connectivity index (χ1v) is 7.02. The van der Waals surface area contributed by atoms with Crippen LogP contribution in [0.1, 0.15) is 0 Å². The van der Waals surface area contributed by atoms with Gasteiger partial charge in [-0.2, -0.15) is 5.11 Å². The molecule has 0 unspecified atom stereocenters. The van der Waals surface area contributed by atoms with Crippen LogP contribution < -0.4 is 0 Å². The van der Waals surface area contributed by atoms with E-state index in [2.05, 4.69) is 10.2 Å². The maximum absolute atomic E-state index is 11.2. The lowest BCUT2D eigenvalue weighted by molar-refractivity contribution is -0.384. The molecule has 3 rings (SSSR count). The van der Waals surface area contributed by atoms with Crippen LogP contribution in [0.2, 0.25) is 0 Å². The summed E-state index contributed by atoms with van der Waals surface area (Å²) < 4.78 is 0. The minimum Gasteiger partial charge on any atom is -0.505 e. The molecule has 0 aliphatic rings. The number of azo groups is 1. The lowest BCUT2D eigenvalue weighted by atomic mass is 10.1. The van der Waals surface area contributed by atoms with Gasteiger partial charge < -0.3 is 5.11 Å². The van der Waals surface area contributed by atoms with Crippen molar-refractivity contribution >= 4 is 33.5 Å². The van der Waals surface area contributed by atoms with Crippen molar-refractivity contribution in [3.63, 3.8) is 0 Å². The molecule has 1 N–H and O–H groups in total. The van der Waals surface area contributed by atoms with Gasteiger partial charge in [-0.25, -0.2) is 0 Å². The summed E-state index contributed by atoms with van der Waals surface area (Å²) in [6.07, 6.45) is 0. The Morgan fingerprint density at radius 3 is 2.08 bits per heavy atom. The standard InChI is InChI=1S/C16H10N4O5/c21-16-13-4-2-1-3-12(13)15(20(24)25)9-14(16)18-17-10-5-7-11(8-6-10)19(22)23/h1-9,21H. The van der Waals surface area contributed by atoms with Crippen LogP contribution in [0.3, 0.4) is 0 Å². The maximum Gasteiger partial charge on any atom is 0.279 e. The molecule has 9 nitrogen and oxygen atoms in total. The van der Waals surface area contributed by atoms with Crippen molar-refractivity contribution in [1.82, 2.24) is 0 Å². The lowest BCUT2D eigenvalue weighted by Gasteiger charge is -2.04. The second-order valence-electron chi connectivity index (χ2n) is 5.04. The summed E-state index contributed by atoms with van der Waals surface area (Å²) in [6.45, 7) is 0. The number of phenols is 1. The SMILES string of the molecule is O=[N+]([O-])c1ccc(N=Nc2cc([N+](=O)[O-])c3ccccc3c2O)cc1. The van der Waals surface area contributed by atoms with Gasteiger partial charge in [0, 0.05) is 23.6 Å². The number of nitro groups is 2. The number of nitrogens with zero attached hydrogens (tertiary/aromatic N) is 4. The first-order valence-electron chi connectivity index (χ1n) is 7.02. The maximum atomic E-state index is 11.2. The Balaban J connectivity index is 2.05. The molecular weight excluding hydrogens is 328 g/mol. The van der Waals surface area contributed by atoms with E-state index in [0.29, 0.717) is 11.1 Å². The normalized spacial score (nSPS) is 11.0. The molecule has 0 aliphatic heterocycles. The molecule has 9 heteroatoms. The van der Waals surface area contributed by atoms with Crippen LogP contribution >= 0.6 is 0 Å². The van der Waals surface area contributed by atoms with Gasteiger partial charge in [-0.15, -0.1) is 5.11 Å². The molecule has 0 amide bonds. The molecule has 0 spiro atoms. The van der Waals surface area contributed by atoms with Gasteiger partial charge in [0.25, 0.3) is 11.4 Å². The molecule has 124 valence electrons. The summed E-state index contributed by atoms with van der Waals surface area (Å²) in [5.41, 5.74) is -0.0567. The predicted octanol–water partition coefficient (Wildman–Crippen LogP) is 4.78. The Morgan fingerprint density at radius 2 is 1.48 bits per heavy atom. The minimum absolute atomic E-state index is 0.0660. The largest absolute Gasteiger partial charge is 0.505 e. The number of aromatic hydroxyl groups is 1. The molecule has 0 aliphatic carbocycles. The Morgan fingerprint density at radius 1 is 0.840 bits per heavy atom. The third-order valence-electron chi connectivity index (χ3n) is 3.50. The third kappa shape index (κ3) is 3.11. The van der Waals surface area contributed by atoms with Crippen molar-refractivity contribution in [3.05, 3.63) is 74.8 Å². The highest BCUT2D eigenvalue weighted by molar-refractivity contribution is 5.99. The zero-order valence-corrected chi connectivity index (χ0v) is 12.6. The summed E-state index contributed by atoms with van der Waals surface area (Å²) in [6, 6.07) is 12.8. The average molecular weight is 338 g/mol. The second kappa shape index (κ2) is 6.32. The number of phenolic OH excluding ortho intramolecular Hbond substituents is 1. The topological polar surface area (TPSA) is 131 Å². The lowest BCUT2D eigenvalue weighted by Crippen LogP contribution is -1.90. The molecule has 0 bridgehead atoms. The molecule has 0 heterocycles. The fraction of sp³-hybridized carbons (Fsp3) is 0. The fourth-order valence-electron chi connectivity index (χ4n) is 2.31. The van der Waals surface area contributed by atoms with Crippen LogP contribution in [0, 0.1) is 20.2 Å². The summed E-state index contributed by atoms with van der Waals surface area (Å²) >= 11 is 0. The monoisotopic (exact) mass is 338 g/mol. The van der Waals surface area contributed by atoms with Crippen molar-refractivity contribution in [2.75, 3.05) is 0 Å². The van der Waals surface area contributed by atoms with E-state index in [0.717, 1.165) is 6.07 Å². The summed E-state index contributed by atoms with van der Waals surface area (Å²) in [5.74, 6) is -0.230. The zero-order valence-electron chi connectivity index (χ0n) is 12.6. The Bertz CT molecular complexity index is 1010. The van der Waals surface area contributed by atoms with Crippen molar-refractivity contribution in [2.24, 2.45) is 10.2 Å². The van der Waals surface area contributed by atoms with Gasteiger partial charge in [-0.3, -0.25) is 20.2 Å². The number of rotatable bonds is 4. The summed E-state index contributed by atoms with van der Waals surface area (Å²) in [4.78, 5) is 20.8. The van der Waals surface area contributed by atoms with Crippen molar-refractivity contribution in [3.8, 4) is 5.75 Å².